The van der Waals surface area contributed by atoms with Crippen molar-refractivity contribution in [1.82, 2.24) is 10.2 Å². The van der Waals surface area contributed by atoms with Gasteiger partial charge in [0, 0.05) is 40.9 Å². The molecule has 1 N–H and O–H groups in total. The third-order valence-corrected chi connectivity index (χ3v) is 6.46. The minimum atomic E-state index is -0.861. The van der Waals surface area contributed by atoms with Crippen molar-refractivity contribution in [2.75, 3.05) is 32.0 Å². The lowest BCUT2D eigenvalue weighted by molar-refractivity contribution is 0.0606. The Morgan fingerprint density at radius 2 is 2.05 bits per heavy atom. The Labute approximate surface area is 130 Å². The van der Waals surface area contributed by atoms with Crippen molar-refractivity contribution >= 4 is 16.8 Å². The van der Waals surface area contributed by atoms with Crippen molar-refractivity contribution in [3.05, 3.63) is 0 Å². The number of carbonyl (C=O) groups excluding carboxylic acids is 1. The number of urea groups is 1. The first kappa shape index (κ1) is 16.7. The van der Waals surface area contributed by atoms with Gasteiger partial charge < -0.3 is 15.0 Å². The van der Waals surface area contributed by atoms with Crippen molar-refractivity contribution in [1.29, 1.82) is 0 Å². The number of rotatable bonds is 4. The van der Waals surface area contributed by atoms with Crippen molar-refractivity contribution in [2.45, 2.75) is 56.8 Å². The fourth-order valence-electron chi connectivity index (χ4n) is 2.85. The number of hydrogen-bond donors (Lipinski definition) is 1. The quantitative estimate of drug-likeness (QED) is 0.806. The molecule has 6 heteroatoms. The Bertz CT molecular complexity index is 381. The summed E-state index contributed by atoms with van der Waals surface area (Å²) in [5.41, 5.74) is 0. The van der Waals surface area contributed by atoms with Gasteiger partial charge in [-0.1, -0.05) is 12.8 Å². The van der Waals surface area contributed by atoms with Crippen LogP contribution in [0, 0.1) is 0 Å². The second-order valence-corrected chi connectivity index (χ2v) is 8.76. The molecule has 1 aliphatic carbocycles. The van der Waals surface area contributed by atoms with Crippen LogP contribution < -0.4 is 5.32 Å². The van der Waals surface area contributed by atoms with Crippen LogP contribution in [0.15, 0.2) is 0 Å². The first-order chi connectivity index (χ1) is 9.99. The molecule has 2 rings (SSSR count). The molecule has 0 spiro atoms. The van der Waals surface area contributed by atoms with Gasteiger partial charge in [-0.3, -0.25) is 4.21 Å². The topological polar surface area (TPSA) is 58.6 Å². The third-order valence-electron chi connectivity index (χ3n) is 4.47. The summed E-state index contributed by atoms with van der Waals surface area (Å²) < 4.78 is 17.6. The summed E-state index contributed by atoms with van der Waals surface area (Å²) in [6.45, 7) is 6.42. The highest BCUT2D eigenvalue weighted by Crippen LogP contribution is 2.22. The van der Waals surface area contributed by atoms with E-state index in [1.54, 1.807) is 4.90 Å². The molecule has 0 radical (unpaired) electrons. The Morgan fingerprint density at radius 1 is 1.33 bits per heavy atom. The Balaban J connectivity index is 1.67. The smallest absolute Gasteiger partial charge is 0.317 e. The molecule has 1 saturated carbocycles. The summed E-state index contributed by atoms with van der Waals surface area (Å²) in [6, 6.07) is -0.0558. The van der Waals surface area contributed by atoms with Gasteiger partial charge in [0.2, 0.25) is 0 Å². The molecular formula is C15H28N2O3S. The van der Waals surface area contributed by atoms with Crippen LogP contribution in [0.3, 0.4) is 0 Å². The fraction of sp³-hybridized carbons (Fsp3) is 0.933. The summed E-state index contributed by atoms with van der Waals surface area (Å²) in [4.78, 5) is 13.9. The minimum Gasteiger partial charge on any atom is -0.376 e. The van der Waals surface area contributed by atoms with Crippen LogP contribution in [0.2, 0.25) is 0 Å². The van der Waals surface area contributed by atoms with Gasteiger partial charge in [0.1, 0.15) is 0 Å². The van der Waals surface area contributed by atoms with Crippen LogP contribution in [-0.2, 0) is 15.5 Å². The molecule has 2 fully saturated rings. The molecule has 1 atom stereocenters. The van der Waals surface area contributed by atoms with Gasteiger partial charge >= 0.3 is 6.03 Å². The molecule has 1 saturated heterocycles. The number of hydrogen-bond acceptors (Lipinski definition) is 3. The molecule has 1 unspecified atom stereocenters. The second kappa shape index (κ2) is 7.58. The first-order valence-electron chi connectivity index (χ1n) is 8.02. The highest BCUT2D eigenvalue weighted by atomic mass is 32.2. The molecule has 0 bridgehead atoms. The third kappa shape index (κ3) is 4.95. The van der Waals surface area contributed by atoms with E-state index in [0.29, 0.717) is 38.1 Å². The number of amides is 2. The van der Waals surface area contributed by atoms with Gasteiger partial charge in [-0.05, 0) is 33.1 Å². The van der Waals surface area contributed by atoms with E-state index in [-0.39, 0.29) is 10.8 Å². The van der Waals surface area contributed by atoms with Crippen molar-refractivity contribution < 1.29 is 13.7 Å². The monoisotopic (exact) mass is 316 g/mol. The van der Waals surface area contributed by atoms with E-state index >= 15 is 0 Å². The molecule has 122 valence electrons. The maximum absolute atomic E-state index is 12.1. The Morgan fingerprint density at radius 3 is 2.76 bits per heavy atom. The molecular weight excluding hydrogens is 288 g/mol. The average Bonchev–Trinajstić information content (AvgIpc) is 2.91. The lowest BCUT2D eigenvalue weighted by Crippen LogP contribution is -2.42. The average molecular weight is 316 g/mol. The molecule has 0 aromatic rings. The summed E-state index contributed by atoms with van der Waals surface area (Å²) in [5.74, 6) is 0.568. The van der Waals surface area contributed by atoms with Gasteiger partial charge in [0.25, 0.3) is 0 Å². The highest BCUT2D eigenvalue weighted by Gasteiger charge is 2.31. The van der Waals surface area contributed by atoms with Crippen molar-refractivity contribution in [3.63, 3.8) is 0 Å². The number of nitrogens with one attached hydrogen (secondary N) is 1. The molecule has 1 aliphatic heterocycles. The molecule has 0 aromatic carbocycles. The fourth-order valence-corrected chi connectivity index (χ4v) is 4.11. The van der Waals surface area contributed by atoms with Gasteiger partial charge in [0.15, 0.2) is 0 Å². The van der Waals surface area contributed by atoms with E-state index in [9.17, 15) is 9.00 Å². The Hall–Kier alpha value is -0.620. The molecule has 2 amide bonds. The SMILES string of the molecule is CC1(C)CCN(C(=O)NCCOC2CCCC2)CCS1=O. The maximum atomic E-state index is 12.1. The summed E-state index contributed by atoms with van der Waals surface area (Å²) >= 11 is 0. The Kier molecular flexibility index (Phi) is 6.05. The van der Waals surface area contributed by atoms with Gasteiger partial charge in [0.05, 0.1) is 12.7 Å². The molecule has 2 aliphatic rings. The number of ether oxygens (including phenoxy) is 1. The maximum Gasteiger partial charge on any atom is 0.317 e. The van der Waals surface area contributed by atoms with Crippen molar-refractivity contribution in [3.8, 4) is 0 Å². The molecule has 0 aromatic heterocycles. The minimum absolute atomic E-state index is 0.0558. The molecule has 21 heavy (non-hydrogen) atoms. The summed E-state index contributed by atoms with van der Waals surface area (Å²) in [6.07, 6.45) is 6.01. The van der Waals surface area contributed by atoms with Gasteiger partial charge in [-0.15, -0.1) is 0 Å². The van der Waals surface area contributed by atoms with Gasteiger partial charge in [-0.25, -0.2) is 4.79 Å². The zero-order valence-corrected chi connectivity index (χ0v) is 14.0. The van der Waals surface area contributed by atoms with Crippen LogP contribution in [0.5, 0.6) is 0 Å². The lowest BCUT2D eigenvalue weighted by Gasteiger charge is -2.22. The number of nitrogens with zero attached hydrogens (tertiary/aromatic N) is 1. The molecule has 5 nitrogen and oxygen atoms in total. The van der Waals surface area contributed by atoms with Crippen LogP contribution in [0.1, 0.15) is 46.0 Å². The van der Waals surface area contributed by atoms with Gasteiger partial charge in [-0.2, -0.15) is 0 Å². The van der Waals surface area contributed by atoms with Crippen molar-refractivity contribution in [2.24, 2.45) is 0 Å². The largest absolute Gasteiger partial charge is 0.376 e. The van der Waals surface area contributed by atoms with E-state index in [4.69, 9.17) is 4.74 Å². The molecule has 1 heterocycles. The van der Waals surface area contributed by atoms with E-state index in [1.165, 1.54) is 12.8 Å². The number of carbonyl (C=O) groups is 1. The standard InChI is InChI=1S/C15H28N2O3S/c1-15(2)7-9-17(10-12-21(15)19)14(18)16-8-11-20-13-5-3-4-6-13/h13H,3-12H2,1-2H3,(H,16,18). The van der Waals surface area contributed by atoms with E-state index in [2.05, 4.69) is 5.32 Å². The zero-order valence-electron chi connectivity index (χ0n) is 13.2. The van der Waals surface area contributed by atoms with Crippen LogP contribution >= 0.6 is 0 Å². The highest BCUT2D eigenvalue weighted by molar-refractivity contribution is 7.86. The predicted octanol–water partition coefficient (Wildman–Crippen LogP) is 1.89. The summed E-state index contributed by atoms with van der Waals surface area (Å²) in [5, 5.41) is 2.91. The van der Waals surface area contributed by atoms with Crippen LogP contribution in [0.4, 0.5) is 4.79 Å². The second-order valence-electron chi connectivity index (χ2n) is 6.56. The van der Waals surface area contributed by atoms with E-state index < -0.39 is 10.8 Å². The van der Waals surface area contributed by atoms with E-state index in [1.807, 2.05) is 13.8 Å². The normalized spacial score (nSPS) is 26.6. The summed E-state index contributed by atoms with van der Waals surface area (Å²) in [7, 11) is -0.861. The first-order valence-corrected chi connectivity index (χ1v) is 9.34. The van der Waals surface area contributed by atoms with Crippen LogP contribution in [-0.4, -0.2) is 58.0 Å². The predicted molar refractivity (Wildman–Crippen MR) is 84.9 cm³/mol. The zero-order chi connectivity index (χ0) is 15.3. The van der Waals surface area contributed by atoms with Crippen LogP contribution in [0.25, 0.3) is 0 Å². The lowest BCUT2D eigenvalue weighted by atomic mass is 10.1. The van der Waals surface area contributed by atoms with E-state index in [0.717, 1.165) is 19.3 Å².